The molecule has 0 amide bonds. The second-order valence-corrected chi connectivity index (χ2v) is 4.83. The first-order valence-electron chi connectivity index (χ1n) is 6.77. The highest BCUT2D eigenvalue weighted by Gasteiger charge is 2.03. The number of nitrogens with zero attached hydrogens (tertiary/aromatic N) is 1. The van der Waals surface area contributed by atoms with E-state index in [1.165, 1.54) is 21.9 Å². The fourth-order valence-electron chi connectivity index (χ4n) is 2.41. The van der Waals surface area contributed by atoms with Gasteiger partial charge in [0.05, 0.1) is 5.69 Å². The number of benzene rings is 2. The molecule has 3 aromatic rings. The predicted octanol–water partition coefficient (Wildman–Crippen LogP) is 4.39. The molecule has 94 valence electrons. The van der Waals surface area contributed by atoms with Crippen LogP contribution in [0.4, 0.5) is 0 Å². The molecule has 0 aliphatic carbocycles. The topological polar surface area (TPSA) is 12.9 Å². The fourth-order valence-corrected chi connectivity index (χ4v) is 2.41. The molecule has 1 nitrogen and oxygen atoms in total. The number of hydrogen-bond acceptors (Lipinski definition) is 1. The van der Waals surface area contributed by atoms with Crippen LogP contribution in [0.15, 0.2) is 60.8 Å². The first kappa shape index (κ1) is 11.9. The highest BCUT2D eigenvalue weighted by molar-refractivity contribution is 5.84. The largest absolute Gasteiger partial charge is 0.260 e. The van der Waals surface area contributed by atoms with Crippen LogP contribution in [0, 0.1) is 0 Å². The standard InChI is InChI=1S/C18H17N/c1-2-14-7-9-15(10-8-14)13-18-17-6-4-3-5-16(17)11-12-19-18/h3-12H,2,13H2,1H3. The molecule has 0 bridgehead atoms. The SMILES string of the molecule is CCc1ccc(Cc2nccc3ccccc23)cc1. The molecule has 0 radical (unpaired) electrons. The molecular weight excluding hydrogens is 230 g/mol. The number of aromatic nitrogens is 1. The van der Waals surface area contributed by atoms with E-state index in [-0.39, 0.29) is 0 Å². The van der Waals surface area contributed by atoms with Crippen molar-refractivity contribution in [2.45, 2.75) is 19.8 Å². The van der Waals surface area contributed by atoms with Gasteiger partial charge in [0.25, 0.3) is 0 Å². The lowest BCUT2D eigenvalue weighted by Gasteiger charge is -2.06. The van der Waals surface area contributed by atoms with Gasteiger partial charge in [0.2, 0.25) is 0 Å². The Morgan fingerprint density at radius 1 is 0.842 bits per heavy atom. The molecule has 0 atom stereocenters. The molecule has 0 unspecified atom stereocenters. The lowest BCUT2D eigenvalue weighted by atomic mass is 10.0. The Bertz CT molecular complexity index is 678. The van der Waals surface area contributed by atoms with E-state index >= 15 is 0 Å². The molecule has 0 saturated carbocycles. The maximum absolute atomic E-state index is 4.54. The zero-order chi connectivity index (χ0) is 13.1. The van der Waals surface area contributed by atoms with Gasteiger partial charge in [0.1, 0.15) is 0 Å². The summed E-state index contributed by atoms with van der Waals surface area (Å²) in [5.41, 5.74) is 3.86. The molecular formula is C18H17N. The molecule has 0 aliphatic heterocycles. The summed E-state index contributed by atoms with van der Waals surface area (Å²) in [6.45, 7) is 2.18. The van der Waals surface area contributed by atoms with Crippen LogP contribution in [0.5, 0.6) is 0 Å². The second kappa shape index (κ2) is 5.23. The summed E-state index contributed by atoms with van der Waals surface area (Å²) in [6, 6.07) is 19.3. The molecule has 1 heterocycles. The normalized spacial score (nSPS) is 10.8. The fraction of sp³-hybridized carbons (Fsp3) is 0.167. The van der Waals surface area contributed by atoms with Gasteiger partial charge in [-0.25, -0.2) is 0 Å². The Labute approximate surface area is 113 Å². The van der Waals surface area contributed by atoms with Gasteiger partial charge in [-0.05, 0) is 29.0 Å². The maximum atomic E-state index is 4.54. The van der Waals surface area contributed by atoms with E-state index in [2.05, 4.69) is 66.5 Å². The van der Waals surface area contributed by atoms with Gasteiger partial charge in [0, 0.05) is 18.0 Å². The lowest BCUT2D eigenvalue weighted by molar-refractivity contribution is 1.08. The van der Waals surface area contributed by atoms with Gasteiger partial charge in [-0.2, -0.15) is 0 Å². The Morgan fingerprint density at radius 3 is 2.37 bits per heavy atom. The second-order valence-electron chi connectivity index (χ2n) is 4.83. The minimum atomic E-state index is 0.894. The van der Waals surface area contributed by atoms with Crippen molar-refractivity contribution in [1.82, 2.24) is 4.98 Å². The van der Waals surface area contributed by atoms with Crippen LogP contribution < -0.4 is 0 Å². The Kier molecular flexibility index (Phi) is 3.28. The predicted molar refractivity (Wildman–Crippen MR) is 80.4 cm³/mol. The minimum absolute atomic E-state index is 0.894. The van der Waals surface area contributed by atoms with Gasteiger partial charge in [0.15, 0.2) is 0 Å². The van der Waals surface area contributed by atoms with E-state index in [1.54, 1.807) is 0 Å². The van der Waals surface area contributed by atoms with E-state index in [9.17, 15) is 0 Å². The number of pyridine rings is 1. The molecule has 0 N–H and O–H groups in total. The van der Waals surface area contributed by atoms with Crippen molar-refractivity contribution < 1.29 is 0 Å². The summed E-state index contributed by atoms with van der Waals surface area (Å²) in [6.07, 6.45) is 3.89. The van der Waals surface area contributed by atoms with Gasteiger partial charge >= 0.3 is 0 Å². The van der Waals surface area contributed by atoms with Crippen molar-refractivity contribution in [3.8, 4) is 0 Å². The van der Waals surface area contributed by atoms with E-state index in [0.717, 1.165) is 18.5 Å². The van der Waals surface area contributed by atoms with E-state index in [0.29, 0.717) is 0 Å². The van der Waals surface area contributed by atoms with Crippen LogP contribution in [0.25, 0.3) is 10.8 Å². The van der Waals surface area contributed by atoms with Crippen LogP contribution in [0.1, 0.15) is 23.7 Å². The van der Waals surface area contributed by atoms with Gasteiger partial charge in [-0.1, -0.05) is 55.5 Å². The zero-order valence-corrected chi connectivity index (χ0v) is 11.1. The minimum Gasteiger partial charge on any atom is -0.260 e. The molecule has 0 saturated heterocycles. The monoisotopic (exact) mass is 247 g/mol. The van der Waals surface area contributed by atoms with Crippen molar-refractivity contribution in [2.75, 3.05) is 0 Å². The lowest BCUT2D eigenvalue weighted by Crippen LogP contribution is -1.94. The summed E-state index contributed by atoms with van der Waals surface area (Å²) in [4.78, 5) is 4.54. The highest BCUT2D eigenvalue weighted by atomic mass is 14.7. The molecule has 1 heteroatoms. The van der Waals surface area contributed by atoms with Crippen LogP contribution >= 0.6 is 0 Å². The number of aryl methyl sites for hydroxylation is 1. The van der Waals surface area contributed by atoms with E-state index in [1.807, 2.05) is 6.20 Å². The van der Waals surface area contributed by atoms with E-state index in [4.69, 9.17) is 0 Å². The smallest absolute Gasteiger partial charge is 0.0525 e. The summed E-state index contributed by atoms with van der Waals surface area (Å²) in [5, 5.41) is 2.52. The third kappa shape index (κ3) is 2.50. The molecule has 19 heavy (non-hydrogen) atoms. The quantitative estimate of drug-likeness (QED) is 0.669. The highest BCUT2D eigenvalue weighted by Crippen LogP contribution is 2.19. The van der Waals surface area contributed by atoms with Crippen molar-refractivity contribution >= 4 is 10.8 Å². The summed E-state index contributed by atoms with van der Waals surface area (Å²) < 4.78 is 0. The first-order chi connectivity index (χ1) is 9.36. The van der Waals surface area contributed by atoms with E-state index < -0.39 is 0 Å². The maximum Gasteiger partial charge on any atom is 0.0525 e. The third-order valence-electron chi connectivity index (χ3n) is 3.56. The molecule has 3 rings (SSSR count). The molecule has 0 fully saturated rings. The van der Waals surface area contributed by atoms with Crippen molar-refractivity contribution in [2.24, 2.45) is 0 Å². The molecule has 0 aliphatic rings. The molecule has 1 aromatic heterocycles. The zero-order valence-electron chi connectivity index (χ0n) is 11.1. The van der Waals surface area contributed by atoms with Crippen LogP contribution in [-0.2, 0) is 12.8 Å². The average Bonchev–Trinajstić information content (AvgIpc) is 2.48. The van der Waals surface area contributed by atoms with Crippen LogP contribution in [-0.4, -0.2) is 4.98 Å². The number of rotatable bonds is 3. The van der Waals surface area contributed by atoms with Gasteiger partial charge in [-0.3, -0.25) is 4.98 Å². The number of fused-ring (bicyclic) bond motifs is 1. The third-order valence-corrected chi connectivity index (χ3v) is 3.56. The first-order valence-corrected chi connectivity index (χ1v) is 6.77. The average molecular weight is 247 g/mol. The summed E-state index contributed by atoms with van der Waals surface area (Å²) >= 11 is 0. The summed E-state index contributed by atoms with van der Waals surface area (Å²) in [7, 11) is 0. The van der Waals surface area contributed by atoms with Crippen LogP contribution in [0.3, 0.4) is 0 Å². The van der Waals surface area contributed by atoms with Gasteiger partial charge < -0.3 is 0 Å². The van der Waals surface area contributed by atoms with Crippen molar-refractivity contribution in [3.05, 3.63) is 77.6 Å². The van der Waals surface area contributed by atoms with Crippen molar-refractivity contribution in [3.63, 3.8) is 0 Å². The Balaban J connectivity index is 1.96. The van der Waals surface area contributed by atoms with Crippen molar-refractivity contribution in [1.29, 1.82) is 0 Å². The van der Waals surface area contributed by atoms with Crippen LogP contribution in [0.2, 0.25) is 0 Å². The Hall–Kier alpha value is -2.15. The molecule has 2 aromatic carbocycles. The van der Waals surface area contributed by atoms with Gasteiger partial charge in [-0.15, -0.1) is 0 Å². The number of hydrogen-bond donors (Lipinski definition) is 0. The summed E-state index contributed by atoms with van der Waals surface area (Å²) in [5.74, 6) is 0. The Morgan fingerprint density at radius 2 is 1.58 bits per heavy atom. The molecule has 0 spiro atoms.